The minimum Gasteiger partial charge on any atom is -0.389 e. The summed E-state index contributed by atoms with van der Waals surface area (Å²) in [4.78, 5) is 4.52. The molecule has 0 atom stereocenters. The maximum Gasteiger partial charge on any atom is 0.114 e. The second kappa shape index (κ2) is 4.33. The van der Waals surface area contributed by atoms with E-state index in [0.717, 1.165) is 32.2 Å². The Morgan fingerprint density at radius 3 is 2.73 bits per heavy atom. The Hall–Kier alpha value is -0.870. The van der Waals surface area contributed by atoms with Crippen molar-refractivity contribution in [2.24, 2.45) is 0 Å². The number of benzene rings is 1. The Balaban J connectivity index is 2.54. The van der Waals surface area contributed by atoms with E-state index in [1.807, 2.05) is 24.3 Å². The molecule has 0 fully saturated rings. The third kappa shape index (κ3) is 2.06. The zero-order valence-corrected chi connectivity index (χ0v) is 10.7. The van der Waals surface area contributed by atoms with E-state index >= 15 is 0 Å². The van der Waals surface area contributed by atoms with Gasteiger partial charge in [-0.05, 0) is 12.5 Å². The number of anilines is 1. The number of aromatic nitrogens is 1. The lowest BCUT2D eigenvalue weighted by Crippen LogP contribution is -1.87. The van der Waals surface area contributed by atoms with Gasteiger partial charge in [0.05, 0.1) is 5.01 Å². The molecular weight excluding hydrogens is 272 g/mol. The Morgan fingerprint density at radius 1 is 1.40 bits per heavy atom. The van der Waals surface area contributed by atoms with Crippen molar-refractivity contribution in [1.82, 2.24) is 4.98 Å². The molecule has 15 heavy (non-hydrogen) atoms. The number of thiazole rings is 1. The third-order valence-electron chi connectivity index (χ3n) is 2.13. The molecule has 4 heteroatoms. The molecule has 0 aliphatic heterocycles. The molecule has 0 saturated heterocycles. The summed E-state index contributed by atoms with van der Waals surface area (Å²) in [6.45, 7) is 2.09. The van der Waals surface area contributed by atoms with Crippen LogP contribution in [0.4, 0.5) is 5.00 Å². The van der Waals surface area contributed by atoms with Gasteiger partial charge in [-0.15, -0.1) is 11.3 Å². The molecule has 2 rings (SSSR count). The van der Waals surface area contributed by atoms with Crippen molar-refractivity contribution in [3.8, 4) is 11.3 Å². The SMILES string of the molecule is CCc1nc(-c2ccccc2Br)c(N)s1. The summed E-state index contributed by atoms with van der Waals surface area (Å²) in [6.07, 6.45) is 0.930. The first-order valence-corrected chi connectivity index (χ1v) is 6.33. The van der Waals surface area contributed by atoms with Gasteiger partial charge in [0.2, 0.25) is 0 Å². The van der Waals surface area contributed by atoms with Crippen molar-refractivity contribution >= 4 is 32.3 Å². The Bertz CT molecular complexity index is 479. The zero-order valence-electron chi connectivity index (χ0n) is 8.33. The monoisotopic (exact) mass is 282 g/mol. The number of nitrogen functional groups attached to an aromatic ring is 1. The minimum absolute atomic E-state index is 0.791. The molecule has 0 saturated carbocycles. The van der Waals surface area contributed by atoms with Gasteiger partial charge in [-0.3, -0.25) is 0 Å². The zero-order chi connectivity index (χ0) is 10.8. The fourth-order valence-corrected chi connectivity index (χ4v) is 2.64. The highest BCUT2D eigenvalue weighted by molar-refractivity contribution is 9.10. The average Bonchev–Trinajstić information content (AvgIpc) is 2.60. The topological polar surface area (TPSA) is 38.9 Å². The van der Waals surface area contributed by atoms with Gasteiger partial charge >= 0.3 is 0 Å². The van der Waals surface area contributed by atoms with Gasteiger partial charge in [-0.25, -0.2) is 4.98 Å². The predicted octanol–water partition coefficient (Wildman–Crippen LogP) is 3.72. The summed E-state index contributed by atoms with van der Waals surface area (Å²) in [5.74, 6) is 0. The van der Waals surface area contributed by atoms with E-state index in [1.165, 1.54) is 0 Å². The van der Waals surface area contributed by atoms with E-state index in [9.17, 15) is 0 Å². The summed E-state index contributed by atoms with van der Waals surface area (Å²) >= 11 is 5.07. The van der Waals surface area contributed by atoms with Gasteiger partial charge in [0.1, 0.15) is 10.7 Å². The van der Waals surface area contributed by atoms with E-state index < -0.39 is 0 Å². The standard InChI is InChI=1S/C11H11BrN2S/c1-2-9-14-10(11(13)15-9)7-5-3-4-6-8(7)12/h3-6H,2,13H2,1H3. The van der Waals surface area contributed by atoms with Crippen LogP contribution in [0.1, 0.15) is 11.9 Å². The molecule has 0 bridgehead atoms. The smallest absolute Gasteiger partial charge is 0.114 e. The van der Waals surface area contributed by atoms with Gasteiger partial charge in [0, 0.05) is 10.0 Å². The minimum atomic E-state index is 0.791. The molecule has 1 heterocycles. The third-order valence-corrected chi connectivity index (χ3v) is 3.85. The molecule has 78 valence electrons. The molecular formula is C11H11BrN2S. The first-order valence-electron chi connectivity index (χ1n) is 4.72. The van der Waals surface area contributed by atoms with Gasteiger partial charge in [0.15, 0.2) is 0 Å². The van der Waals surface area contributed by atoms with Crippen molar-refractivity contribution < 1.29 is 0 Å². The first kappa shape index (κ1) is 10.6. The molecule has 2 aromatic rings. The number of hydrogen-bond donors (Lipinski definition) is 1. The van der Waals surface area contributed by atoms with E-state index in [4.69, 9.17) is 5.73 Å². The fourth-order valence-electron chi connectivity index (χ4n) is 1.38. The Kier molecular flexibility index (Phi) is 3.07. The summed E-state index contributed by atoms with van der Waals surface area (Å²) in [6, 6.07) is 8.00. The molecule has 2 N–H and O–H groups in total. The summed E-state index contributed by atoms with van der Waals surface area (Å²) < 4.78 is 1.03. The lowest BCUT2D eigenvalue weighted by atomic mass is 10.2. The van der Waals surface area contributed by atoms with Crippen LogP contribution in [-0.4, -0.2) is 4.98 Å². The van der Waals surface area contributed by atoms with Crippen LogP contribution < -0.4 is 5.73 Å². The van der Waals surface area contributed by atoms with E-state index in [-0.39, 0.29) is 0 Å². The molecule has 0 aliphatic rings. The predicted molar refractivity (Wildman–Crippen MR) is 69.0 cm³/mol. The van der Waals surface area contributed by atoms with Crippen LogP contribution in [0.25, 0.3) is 11.3 Å². The normalized spacial score (nSPS) is 10.5. The summed E-state index contributed by atoms with van der Waals surface area (Å²) in [5.41, 5.74) is 7.91. The number of nitrogens with zero attached hydrogens (tertiary/aromatic N) is 1. The van der Waals surface area contributed by atoms with Gasteiger partial charge in [-0.2, -0.15) is 0 Å². The highest BCUT2D eigenvalue weighted by Crippen LogP contribution is 2.34. The largest absolute Gasteiger partial charge is 0.389 e. The van der Waals surface area contributed by atoms with Crippen LogP contribution in [-0.2, 0) is 6.42 Å². The molecule has 1 aromatic heterocycles. The second-order valence-electron chi connectivity index (χ2n) is 3.15. The lowest BCUT2D eigenvalue weighted by Gasteiger charge is -2.00. The van der Waals surface area contributed by atoms with Crippen molar-refractivity contribution in [1.29, 1.82) is 0 Å². The van der Waals surface area contributed by atoms with Crippen LogP contribution in [0, 0.1) is 0 Å². The molecule has 0 amide bonds. The highest BCUT2D eigenvalue weighted by atomic mass is 79.9. The lowest BCUT2D eigenvalue weighted by molar-refractivity contribution is 1.10. The molecule has 0 unspecified atom stereocenters. The molecule has 0 aliphatic carbocycles. The fraction of sp³-hybridized carbons (Fsp3) is 0.182. The quantitative estimate of drug-likeness (QED) is 0.912. The average molecular weight is 283 g/mol. The van der Waals surface area contributed by atoms with E-state index in [0.29, 0.717) is 0 Å². The van der Waals surface area contributed by atoms with Crippen LogP contribution >= 0.6 is 27.3 Å². The van der Waals surface area contributed by atoms with E-state index in [1.54, 1.807) is 11.3 Å². The Labute approximate surface area is 101 Å². The summed E-state index contributed by atoms with van der Waals surface area (Å²) in [7, 11) is 0. The molecule has 2 nitrogen and oxygen atoms in total. The van der Waals surface area contributed by atoms with Crippen LogP contribution in [0.3, 0.4) is 0 Å². The highest BCUT2D eigenvalue weighted by Gasteiger charge is 2.11. The number of aryl methyl sites for hydroxylation is 1. The van der Waals surface area contributed by atoms with E-state index in [2.05, 4.69) is 27.8 Å². The van der Waals surface area contributed by atoms with Gasteiger partial charge < -0.3 is 5.73 Å². The van der Waals surface area contributed by atoms with Crippen molar-refractivity contribution in [2.75, 3.05) is 5.73 Å². The summed E-state index contributed by atoms with van der Waals surface area (Å²) in [5, 5.41) is 1.87. The maximum absolute atomic E-state index is 5.95. The van der Waals surface area contributed by atoms with Crippen LogP contribution in [0.5, 0.6) is 0 Å². The molecule has 0 spiro atoms. The van der Waals surface area contributed by atoms with Crippen molar-refractivity contribution in [2.45, 2.75) is 13.3 Å². The van der Waals surface area contributed by atoms with Crippen LogP contribution in [0.15, 0.2) is 28.7 Å². The number of nitrogens with two attached hydrogens (primary N) is 1. The second-order valence-corrected chi connectivity index (χ2v) is 5.12. The van der Waals surface area contributed by atoms with Crippen molar-refractivity contribution in [3.63, 3.8) is 0 Å². The Morgan fingerprint density at radius 2 is 2.13 bits per heavy atom. The molecule has 0 radical (unpaired) electrons. The number of rotatable bonds is 2. The molecule has 1 aromatic carbocycles. The van der Waals surface area contributed by atoms with Crippen LogP contribution in [0.2, 0.25) is 0 Å². The van der Waals surface area contributed by atoms with Gasteiger partial charge in [0.25, 0.3) is 0 Å². The maximum atomic E-state index is 5.95. The number of hydrogen-bond acceptors (Lipinski definition) is 3. The van der Waals surface area contributed by atoms with Gasteiger partial charge in [-0.1, -0.05) is 41.1 Å². The first-order chi connectivity index (χ1) is 7.22. The van der Waals surface area contributed by atoms with Crippen molar-refractivity contribution in [3.05, 3.63) is 33.7 Å². The number of halogens is 1.